The first-order chi connectivity index (χ1) is 20.4. The third kappa shape index (κ3) is 4.33. The Morgan fingerprint density at radius 1 is 0.909 bits per heavy atom. The fourth-order valence-corrected chi connectivity index (χ4v) is 11.9. The number of aliphatic hydroxyl groups is 4. The van der Waals surface area contributed by atoms with Crippen molar-refractivity contribution in [1.82, 2.24) is 5.32 Å². The maximum atomic E-state index is 14.5. The van der Waals surface area contributed by atoms with Gasteiger partial charge in [0.25, 0.3) is 0 Å². The van der Waals surface area contributed by atoms with Crippen molar-refractivity contribution in [2.24, 2.45) is 50.2 Å². The lowest BCUT2D eigenvalue weighted by molar-refractivity contribution is -0.238. The van der Waals surface area contributed by atoms with Crippen LogP contribution >= 0.6 is 0 Å². The first kappa shape index (κ1) is 32.6. The van der Waals surface area contributed by atoms with Gasteiger partial charge in [-0.3, -0.25) is 9.59 Å². The predicted molar refractivity (Wildman–Crippen MR) is 166 cm³/mol. The number of nitrogens with one attached hydrogen (secondary N) is 1. The van der Waals surface area contributed by atoms with Crippen LogP contribution in [0.2, 0.25) is 0 Å². The molecule has 1 saturated heterocycles. The molecule has 1 amide bonds. The summed E-state index contributed by atoms with van der Waals surface area (Å²) in [5, 5.41) is 44.1. The van der Waals surface area contributed by atoms with Crippen molar-refractivity contribution < 1.29 is 34.8 Å². The normalized spacial score (nSPS) is 51.2. The number of amides is 1. The van der Waals surface area contributed by atoms with Crippen molar-refractivity contribution >= 4 is 11.7 Å². The molecule has 44 heavy (non-hydrogen) atoms. The second-order valence-electron chi connectivity index (χ2n) is 17.7. The second kappa shape index (κ2) is 10.3. The molecule has 5 N–H and O–H groups in total. The van der Waals surface area contributed by atoms with E-state index in [4.69, 9.17) is 4.74 Å². The number of ether oxygens (including phenoxy) is 1. The molecule has 0 aromatic carbocycles. The molecule has 0 bridgehead atoms. The van der Waals surface area contributed by atoms with E-state index < -0.39 is 42.7 Å². The molecular formula is C36H57NO7. The summed E-state index contributed by atoms with van der Waals surface area (Å²) in [7, 11) is 0. The standard InChI is InChI=1S/C36H57NO7/c1-31(2)14-16-36(30(43)37-29-28(42)27(41)26(40)22(19-38)44-29)17-15-34(6)20(21(36)18-31)8-9-24-33(5)12-11-25(39)32(3,4)23(33)10-13-35(24,34)7/h8,21-24,26-29,38,40-42H,9-19H2,1-7H3,(H,37,43)/t21?,22?,23?,24?,26-,27-,28?,29+,33+,34-,35-,36+/m1/s1. The number of rotatable bonds is 3. The lowest BCUT2D eigenvalue weighted by Gasteiger charge is -2.70. The van der Waals surface area contributed by atoms with Crippen LogP contribution in [0.1, 0.15) is 113 Å². The zero-order chi connectivity index (χ0) is 32.3. The average molecular weight is 616 g/mol. The van der Waals surface area contributed by atoms with Gasteiger partial charge in [0.1, 0.15) is 30.2 Å². The van der Waals surface area contributed by atoms with Crippen LogP contribution in [-0.2, 0) is 14.3 Å². The monoisotopic (exact) mass is 615 g/mol. The SMILES string of the molecule is CC1(C)CC[C@]2(C(=O)N[C@H]3OC(CO)[C@@H](O)[C@@H](O)C3O)CC[C@]3(C)C(=CCC4[C@@]5(C)CCC(=O)C(C)(C)C5CC[C@]43C)C2C1. The summed E-state index contributed by atoms with van der Waals surface area (Å²) in [4.78, 5) is 27.6. The summed E-state index contributed by atoms with van der Waals surface area (Å²) in [6, 6.07) is 0. The van der Waals surface area contributed by atoms with Crippen LogP contribution in [0.3, 0.4) is 0 Å². The van der Waals surface area contributed by atoms with E-state index in [9.17, 15) is 30.0 Å². The number of Topliss-reactive ketones (excluding diaryl/α,β-unsaturated/α-hetero) is 1. The molecule has 0 aromatic heterocycles. The number of fused-ring (bicyclic) bond motifs is 7. The van der Waals surface area contributed by atoms with E-state index in [1.54, 1.807) is 0 Å². The smallest absolute Gasteiger partial charge is 0.228 e. The lowest BCUT2D eigenvalue weighted by atomic mass is 9.33. The highest BCUT2D eigenvalue weighted by Gasteiger charge is 2.69. The Labute approximate surface area is 263 Å². The van der Waals surface area contributed by atoms with Gasteiger partial charge in [0.15, 0.2) is 6.23 Å². The summed E-state index contributed by atoms with van der Waals surface area (Å²) >= 11 is 0. The Morgan fingerprint density at radius 2 is 1.59 bits per heavy atom. The molecule has 8 heteroatoms. The van der Waals surface area contributed by atoms with Gasteiger partial charge in [-0.05, 0) is 97.2 Å². The van der Waals surface area contributed by atoms with Crippen LogP contribution in [0, 0.1) is 50.2 Å². The predicted octanol–water partition coefficient (Wildman–Crippen LogP) is 4.27. The van der Waals surface area contributed by atoms with Gasteiger partial charge in [0.2, 0.25) is 5.91 Å². The maximum Gasteiger partial charge on any atom is 0.228 e. The van der Waals surface area contributed by atoms with Crippen LogP contribution in [-0.4, -0.2) is 69.4 Å². The second-order valence-corrected chi connectivity index (χ2v) is 17.7. The Morgan fingerprint density at radius 3 is 2.27 bits per heavy atom. The number of carbonyl (C=O) groups is 2. The van der Waals surface area contributed by atoms with E-state index in [1.807, 2.05) is 0 Å². The van der Waals surface area contributed by atoms with Crippen molar-refractivity contribution in [1.29, 1.82) is 0 Å². The van der Waals surface area contributed by atoms with Crippen molar-refractivity contribution in [2.45, 2.75) is 143 Å². The Bertz CT molecular complexity index is 1230. The van der Waals surface area contributed by atoms with Gasteiger partial charge in [-0.25, -0.2) is 0 Å². The van der Waals surface area contributed by atoms with Crippen LogP contribution in [0.4, 0.5) is 0 Å². The molecule has 6 aliphatic rings. The van der Waals surface area contributed by atoms with E-state index in [0.717, 1.165) is 57.8 Å². The number of allylic oxidation sites excluding steroid dienone is 2. The average Bonchev–Trinajstić information content (AvgIpc) is 2.95. The third-order valence-corrected chi connectivity index (χ3v) is 15.0. The Hall–Kier alpha value is -1.32. The molecule has 0 aromatic rings. The summed E-state index contributed by atoms with van der Waals surface area (Å²) in [6.45, 7) is 15.9. The quantitative estimate of drug-likeness (QED) is 0.299. The van der Waals surface area contributed by atoms with E-state index in [2.05, 4.69) is 59.9 Å². The molecule has 0 spiro atoms. The minimum absolute atomic E-state index is 0.0440. The summed E-state index contributed by atoms with van der Waals surface area (Å²) in [5.41, 5.74) is 0.621. The van der Waals surface area contributed by atoms with Crippen molar-refractivity contribution in [3.8, 4) is 0 Å². The fraction of sp³-hybridized carbons (Fsp3) is 0.889. The van der Waals surface area contributed by atoms with E-state index in [1.165, 1.54) is 5.57 Å². The molecule has 12 atom stereocenters. The van der Waals surface area contributed by atoms with Crippen LogP contribution in [0.25, 0.3) is 0 Å². The van der Waals surface area contributed by atoms with Gasteiger partial charge >= 0.3 is 0 Å². The zero-order valence-corrected chi connectivity index (χ0v) is 28.0. The van der Waals surface area contributed by atoms with E-state index >= 15 is 0 Å². The van der Waals surface area contributed by atoms with Crippen LogP contribution in [0.5, 0.6) is 0 Å². The molecule has 8 nitrogen and oxygen atoms in total. The first-order valence-electron chi connectivity index (χ1n) is 17.2. The molecule has 5 fully saturated rings. The lowest BCUT2D eigenvalue weighted by Crippen LogP contribution is -2.67. The third-order valence-electron chi connectivity index (χ3n) is 15.0. The molecule has 0 radical (unpaired) electrons. The molecule has 6 rings (SSSR count). The largest absolute Gasteiger partial charge is 0.394 e. The molecule has 1 aliphatic heterocycles. The van der Waals surface area contributed by atoms with Crippen LogP contribution in [0.15, 0.2) is 11.6 Å². The van der Waals surface area contributed by atoms with Crippen molar-refractivity contribution in [3.05, 3.63) is 11.6 Å². The first-order valence-corrected chi connectivity index (χ1v) is 17.2. The van der Waals surface area contributed by atoms with Gasteiger partial charge in [-0.15, -0.1) is 0 Å². The minimum Gasteiger partial charge on any atom is -0.394 e. The molecule has 1 heterocycles. The number of hydrogen-bond donors (Lipinski definition) is 5. The van der Waals surface area contributed by atoms with Gasteiger partial charge < -0.3 is 30.5 Å². The zero-order valence-electron chi connectivity index (χ0n) is 28.0. The van der Waals surface area contributed by atoms with E-state index in [0.29, 0.717) is 24.0 Å². The molecule has 5 unspecified atom stereocenters. The summed E-state index contributed by atoms with van der Waals surface area (Å²) in [6.07, 6.45) is 4.64. The number of hydrogen-bond acceptors (Lipinski definition) is 7. The Balaban J connectivity index is 1.35. The molecule has 5 aliphatic carbocycles. The van der Waals surface area contributed by atoms with E-state index in [-0.39, 0.29) is 38.9 Å². The number of aliphatic hydroxyl groups excluding tert-OH is 4. The number of ketones is 1. The summed E-state index contributed by atoms with van der Waals surface area (Å²) < 4.78 is 5.73. The highest BCUT2D eigenvalue weighted by molar-refractivity contribution is 5.86. The van der Waals surface area contributed by atoms with Crippen LogP contribution < -0.4 is 5.32 Å². The molecule has 4 saturated carbocycles. The minimum atomic E-state index is -1.53. The highest BCUT2D eigenvalue weighted by Crippen LogP contribution is 2.75. The van der Waals surface area contributed by atoms with Crippen molar-refractivity contribution in [3.63, 3.8) is 0 Å². The Kier molecular flexibility index (Phi) is 7.66. The summed E-state index contributed by atoms with van der Waals surface area (Å²) in [5.74, 6) is 1.15. The molecule has 248 valence electrons. The molecular weight excluding hydrogens is 558 g/mol. The highest BCUT2D eigenvalue weighted by atomic mass is 16.6. The van der Waals surface area contributed by atoms with Gasteiger partial charge in [0.05, 0.1) is 12.0 Å². The van der Waals surface area contributed by atoms with Gasteiger partial charge in [0, 0.05) is 11.8 Å². The number of carbonyl (C=O) groups excluding carboxylic acids is 2. The van der Waals surface area contributed by atoms with Gasteiger partial charge in [-0.2, -0.15) is 0 Å². The topological polar surface area (TPSA) is 136 Å². The van der Waals surface area contributed by atoms with Crippen molar-refractivity contribution in [2.75, 3.05) is 6.61 Å². The maximum absolute atomic E-state index is 14.5. The fourth-order valence-electron chi connectivity index (χ4n) is 11.9. The van der Waals surface area contributed by atoms with Gasteiger partial charge in [-0.1, -0.05) is 60.1 Å².